The van der Waals surface area contributed by atoms with Crippen molar-refractivity contribution in [2.45, 2.75) is 19.3 Å². The van der Waals surface area contributed by atoms with Gasteiger partial charge in [-0.2, -0.15) is 18.3 Å². The Morgan fingerprint density at radius 2 is 1.61 bits per heavy atom. The molecule has 0 radical (unpaired) electrons. The smallest absolute Gasteiger partial charge is 0.475 e. The molecule has 0 saturated carbocycles. The molecule has 0 aliphatic carbocycles. The highest BCUT2D eigenvalue weighted by Crippen LogP contribution is 2.32. The SMILES string of the molecule is Cn1cc(-c2nnc(-c3ccccc3)c3c2CNC3)cn1.O=C(O)C(F)(F)F. The number of halogens is 3. The molecule has 3 aromatic rings. The summed E-state index contributed by atoms with van der Waals surface area (Å²) in [6.07, 6.45) is -1.27. The van der Waals surface area contributed by atoms with Gasteiger partial charge in [-0.25, -0.2) is 4.79 Å². The first-order chi connectivity index (χ1) is 13.3. The van der Waals surface area contributed by atoms with E-state index in [9.17, 15) is 13.2 Å². The van der Waals surface area contributed by atoms with E-state index < -0.39 is 12.1 Å². The second kappa shape index (κ2) is 7.77. The Balaban J connectivity index is 0.000000279. The number of hydrogen-bond acceptors (Lipinski definition) is 5. The van der Waals surface area contributed by atoms with Crippen molar-refractivity contribution in [3.8, 4) is 22.5 Å². The number of aromatic nitrogens is 4. The van der Waals surface area contributed by atoms with Crippen molar-refractivity contribution in [2.75, 3.05) is 0 Å². The van der Waals surface area contributed by atoms with Crippen LogP contribution in [-0.2, 0) is 24.9 Å². The van der Waals surface area contributed by atoms with Crippen LogP contribution in [0.1, 0.15) is 11.1 Å². The molecule has 1 aromatic carbocycles. The van der Waals surface area contributed by atoms with E-state index in [0.29, 0.717) is 0 Å². The number of alkyl halides is 3. The molecule has 2 aromatic heterocycles. The normalized spacial score (nSPS) is 12.9. The standard InChI is InChI=1S/C16H15N5.C2HF3O2/c1-21-10-12(7-18-21)16-14-9-17-8-13(14)15(19-20-16)11-5-3-2-4-6-11;3-2(4,5)1(6)7/h2-7,10,17H,8-9H2,1H3;(H,6,7). The molecule has 146 valence electrons. The maximum atomic E-state index is 10.6. The maximum absolute atomic E-state index is 10.6. The van der Waals surface area contributed by atoms with Gasteiger partial charge in [-0.1, -0.05) is 30.3 Å². The molecule has 0 spiro atoms. The van der Waals surface area contributed by atoms with E-state index in [0.717, 1.165) is 35.6 Å². The minimum absolute atomic E-state index is 0.828. The van der Waals surface area contributed by atoms with Gasteiger partial charge in [0.15, 0.2) is 0 Å². The molecular weight excluding hydrogens is 375 g/mol. The van der Waals surface area contributed by atoms with Gasteiger partial charge < -0.3 is 10.4 Å². The number of aliphatic carboxylic acids is 1. The van der Waals surface area contributed by atoms with Crippen molar-refractivity contribution < 1.29 is 23.1 Å². The largest absolute Gasteiger partial charge is 0.490 e. The lowest BCUT2D eigenvalue weighted by Crippen LogP contribution is -2.21. The number of nitrogens with zero attached hydrogens (tertiary/aromatic N) is 4. The minimum atomic E-state index is -5.08. The number of nitrogens with one attached hydrogen (secondary N) is 1. The highest BCUT2D eigenvalue weighted by Gasteiger charge is 2.38. The van der Waals surface area contributed by atoms with Crippen molar-refractivity contribution >= 4 is 5.97 Å². The van der Waals surface area contributed by atoms with Crippen LogP contribution < -0.4 is 5.32 Å². The molecule has 1 aliphatic rings. The van der Waals surface area contributed by atoms with Crippen LogP contribution in [0.15, 0.2) is 42.7 Å². The van der Waals surface area contributed by atoms with Crippen molar-refractivity contribution in [1.82, 2.24) is 25.3 Å². The molecule has 0 unspecified atom stereocenters. The Labute approximate surface area is 157 Å². The van der Waals surface area contributed by atoms with Crippen LogP contribution in [0.5, 0.6) is 0 Å². The van der Waals surface area contributed by atoms with Gasteiger partial charge in [0, 0.05) is 48.6 Å². The monoisotopic (exact) mass is 391 g/mol. The highest BCUT2D eigenvalue weighted by molar-refractivity contribution is 5.73. The molecule has 28 heavy (non-hydrogen) atoms. The Morgan fingerprint density at radius 3 is 2.07 bits per heavy atom. The van der Waals surface area contributed by atoms with Crippen LogP contribution >= 0.6 is 0 Å². The second-order valence-corrected chi connectivity index (χ2v) is 6.03. The number of carboxylic acid groups (broad SMARTS) is 1. The average molecular weight is 391 g/mol. The molecule has 0 saturated heterocycles. The number of rotatable bonds is 2. The van der Waals surface area contributed by atoms with Crippen LogP contribution in [0.4, 0.5) is 13.2 Å². The molecule has 0 atom stereocenters. The van der Waals surface area contributed by atoms with E-state index in [-0.39, 0.29) is 0 Å². The number of carbonyl (C=O) groups is 1. The zero-order valence-corrected chi connectivity index (χ0v) is 14.7. The Morgan fingerprint density at radius 1 is 1.07 bits per heavy atom. The topological polar surface area (TPSA) is 92.9 Å². The second-order valence-electron chi connectivity index (χ2n) is 6.03. The lowest BCUT2D eigenvalue weighted by Gasteiger charge is -2.09. The number of benzene rings is 1. The number of hydrogen-bond donors (Lipinski definition) is 2. The Hall–Kier alpha value is -3.27. The summed E-state index contributed by atoms with van der Waals surface area (Å²) in [5.74, 6) is -2.76. The van der Waals surface area contributed by atoms with Gasteiger partial charge in [0.2, 0.25) is 0 Å². The summed E-state index contributed by atoms with van der Waals surface area (Å²) in [5, 5.41) is 23.7. The number of aryl methyl sites for hydroxylation is 1. The summed E-state index contributed by atoms with van der Waals surface area (Å²) in [5.41, 5.74) is 6.52. The van der Waals surface area contributed by atoms with E-state index in [2.05, 4.69) is 32.7 Å². The fourth-order valence-electron chi connectivity index (χ4n) is 2.80. The van der Waals surface area contributed by atoms with E-state index in [4.69, 9.17) is 9.90 Å². The third kappa shape index (κ3) is 4.17. The van der Waals surface area contributed by atoms with E-state index >= 15 is 0 Å². The molecule has 1 aliphatic heterocycles. The van der Waals surface area contributed by atoms with Crippen molar-refractivity contribution in [1.29, 1.82) is 0 Å². The predicted octanol–water partition coefficient (Wildman–Crippen LogP) is 2.78. The lowest BCUT2D eigenvalue weighted by molar-refractivity contribution is -0.192. The molecule has 0 bridgehead atoms. The molecule has 2 N–H and O–H groups in total. The number of carboxylic acids is 1. The molecule has 10 heteroatoms. The van der Waals surface area contributed by atoms with Gasteiger partial charge in [0.25, 0.3) is 0 Å². The van der Waals surface area contributed by atoms with Gasteiger partial charge in [0.05, 0.1) is 11.9 Å². The molecule has 3 heterocycles. The lowest BCUT2D eigenvalue weighted by atomic mass is 10.0. The van der Waals surface area contributed by atoms with Gasteiger partial charge in [-0.3, -0.25) is 4.68 Å². The molecule has 7 nitrogen and oxygen atoms in total. The molecule has 0 fully saturated rings. The van der Waals surface area contributed by atoms with Crippen LogP contribution in [0.25, 0.3) is 22.5 Å². The molecular formula is C18H16F3N5O2. The highest BCUT2D eigenvalue weighted by atomic mass is 19.4. The zero-order valence-electron chi connectivity index (χ0n) is 14.7. The fraction of sp³-hybridized carbons (Fsp3) is 0.222. The minimum Gasteiger partial charge on any atom is -0.475 e. The fourth-order valence-corrected chi connectivity index (χ4v) is 2.80. The summed E-state index contributed by atoms with van der Waals surface area (Å²) < 4.78 is 33.5. The van der Waals surface area contributed by atoms with Crippen molar-refractivity contribution in [3.05, 3.63) is 53.9 Å². The summed E-state index contributed by atoms with van der Waals surface area (Å²) in [7, 11) is 1.91. The number of fused-ring (bicyclic) bond motifs is 1. The summed E-state index contributed by atoms with van der Waals surface area (Å²) in [4.78, 5) is 8.90. The summed E-state index contributed by atoms with van der Waals surface area (Å²) in [6.45, 7) is 1.66. The quantitative estimate of drug-likeness (QED) is 0.698. The van der Waals surface area contributed by atoms with Gasteiger partial charge in [-0.15, -0.1) is 10.2 Å². The van der Waals surface area contributed by atoms with Crippen LogP contribution in [-0.4, -0.2) is 37.2 Å². The predicted molar refractivity (Wildman–Crippen MR) is 93.9 cm³/mol. The van der Waals surface area contributed by atoms with E-state index in [1.165, 1.54) is 11.1 Å². The van der Waals surface area contributed by atoms with Crippen LogP contribution in [0.2, 0.25) is 0 Å². The molecule has 0 amide bonds. The van der Waals surface area contributed by atoms with Gasteiger partial charge >= 0.3 is 12.1 Å². The first kappa shape index (κ1) is 19.5. The maximum Gasteiger partial charge on any atom is 0.490 e. The van der Waals surface area contributed by atoms with Crippen molar-refractivity contribution in [3.63, 3.8) is 0 Å². The summed E-state index contributed by atoms with van der Waals surface area (Å²) >= 11 is 0. The van der Waals surface area contributed by atoms with Gasteiger partial charge in [-0.05, 0) is 0 Å². The first-order valence-electron chi connectivity index (χ1n) is 8.21. The summed E-state index contributed by atoms with van der Waals surface area (Å²) in [6, 6.07) is 10.2. The van der Waals surface area contributed by atoms with Crippen molar-refractivity contribution in [2.24, 2.45) is 7.05 Å². The van der Waals surface area contributed by atoms with E-state index in [1.807, 2.05) is 37.6 Å². The Bertz CT molecular complexity index is 987. The van der Waals surface area contributed by atoms with E-state index in [1.54, 1.807) is 4.68 Å². The first-order valence-corrected chi connectivity index (χ1v) is 8.21. The van der Waals surface area contributed by atoms with Crippen LogP contribution in [0, 0.1) is 0 Å². The average Bonchev–Trinajstić information content (AvgIpc) is 3.30. The Kier molecular flexibility index (Phi) is 5.41. The zero-order chi connectivity index (χ0) is 20.3. The molecule has 4 rings (SSSR count). The van der Waals surface area contributed by atoms with Crippen LogP contribution in [0.3, 0.4) is 0 Å². The third-order valence-corrected chi connectivity index (χ3v) is 4.06. The third-order valence-electron chi connectivity index (χ3n) is 4.06. The van der Waals surface area contributed by atoms with Gasteiger partial charge in [0.1, 0.15) is 5.69 Å².